The molecule has 1 N–H and O–H groups in total. The summed E-state index contributed by atoms with van der Waals surface area (Å²) in [6, 6.07) is 0.322. The van der Waals surface area contributed by atoms with E-state index in [0.29, 0.717) is 12.0 Å². The van der Waals surface area contributed by atoms with Gasteiger partial charge in [0.25, 0.3) is 0 Å². The zero-order valence-corrected chi connectivity index (χ0v) is 9.69. The van der Waals surface area contributed by atoms with Gasteiger partial charge in [-0.25, -0.2) is 0 Å². The molecule has 4 nitrogen and oxygen atoms in total. The van der Waals surface area contributed by atoms with Crippen LogP contribution in [0.5, 0.6) is 0 Å². The molecule has 0 bridgehead atoms. The number of carboxylic acid groups (broad SMARTS) is 1. The Labute approximate surface area is 95.6 Å². The molecule has 3 unspecified atom stereocenters. The maximum Gasteiger partial charge on any atom is 0.315 e. The number of carbonyl (C=O) groups is 2. The number of nitrogens with zero attached hydrogens (tertiary/aromatic N) is 1. The van der Waals surface area contributed by atoms with E-state index in [9.17, 15) is 9.59 Å². The van der Waals surface area contributed by atoms with E-state index < -0.39 is 11.9 Å². The molecular weight excluding hydrogens is 206 g/mol. The summed E-state index contributed by atoms with van der Waals surface area (Å²) >= 11 is 0. The zero-order chi connectivity index (χ0) is 11.7. The topological polar surface area (TPSA) is 57.6 Å². The van der Waals surface area contributed by atoms with E-state index >= 15 is 0 Å². The molecule has 1 saturated heterocycles. The number of rotatable bonds is 2. The van der Waals surface area contributed by atoms with Gasteiger partial charge >= 0.3 is 5.97 Å². The van der Waals surface area contributed by atoms with Crippen molar-refractivity contribution in [1.82, 2.24) is 4.90 Å². The summed E-state index contributed by atoms with van der Waals surface area (Å²) in [7, 11) is 0. The third-order valence-electron chi connectivity index (χ3n) is 4.03. The van der Waals surface area contributed by atoms with Crippen molar-refractivity contribution < 1.29 is 14.7 Å². The number of aliphatic carboxylic acids is 1. The Morgan fingerprint density at radius 2 is 1.94 bits per heavy atom. The molecule has 2 aliphatic rings. The summed E-state index contributed by atoms with van der Waals surface area (Å²) in [6.07, 6.45) is 5.76. The first-order valence-corrected chi connectivity index (χ1v) is 6.14. The van der Waals surface area contributed by atoms with Crippen molar-refractivity contribution in [2.24, 2.45) is 11.8 Å². The lowest BCUT2D eigenvalue weighted by molar-refractivity contribution is -0.151. The third-order valence-corrected chi connectivity index (χ3v) is 4.03. The minimum atomic E-state index is -1.01. The fourth-order valence-corrected chi connectivity index (χ4v) is 3.03. The van der Waals surface area contributed by atoms with Crippen LogP contribution >= 0.6 is 0 Å². The lowest BCUT2D eigenvalue weighted by Gasteiger charge is -2.32. The molecule has 1 aliphatic carbocycles. The van der Waals surface area contributed by atoms with Crippen LogP contribution in [0, 0.1) is 11.8 Å². The number of carboxylic acids is 1. The van der Waals surface area contributed by atoms with Crippen LogP contribution in [0.15, 0.2) is 0 Å². The second kappa shape index (κ2) is 4.44. The Bertz CT molecular complexity index is 303. The van der Waals surface area contributed by atoms with E-state index in [-0.39, 0.29) is 5.91 Å². The minimum absolute atomic E-state index is 0.193. The molecule has 2 rings (SSSR count). The van der Waals surface area contributed by atoms with Crippen LogP contribution in [0.1, 0.15) is 39.0 Å². The van der Waals surface area contributed by atoms with Gasteiger partial charge in [0.05, 0.1) is 0 Å². The van der Waals surface area contributed by atoms with Crippen LogP contribution in [0.4, 0.5) is 0 Å². The van der Waals surface area contributed by atoms with Crippen LogP contribution in [-0.2, 0) is 9.59 Å². The Morgan fingerprint density at radius 3 is 2.62 bits per heavy atom. The molecule has 0 aromatic heterocycles. The second-order valence-corrected chi connectivity index (χ2v) is 4.99. The van der Waals surface area contributed by atoms with Crippen molar-refractivity contribution in [3.05, 3.63) is 0 Å². The summed E-state index contributed by atoms with van der Waals surface area (Å²) in [5.74, 6) is -1.47. The standard InChI is InChI=1S/C12H19NO3/c1-8(12(15)16)11(14)13-7-6-9-4-2-3-5-10(9)13/h8-10H,2-7H2,1H3,(H,15,16). The van der Waals surface area contributed by atoms with Gasteiger partial charge in [-0.15, -0.1) is 0 Å². The van der Waals surface area contributed by atoms with Gasteiger partial charge in [-0.2, -0.15) is 0 Å². The van der Waals surface area contributed by atoms with Crippen LogP contribution in [0.3, 0.4) is 0 Å². The smallest absolute Gasteiger partial charge is 0.315 e. The van der Waals surface area contributed by atoms with E-state index in [4.69, 9.17) is 5.11 Å². The van der Waals surface area contributed by atoms with Gasteiger partial charge in [0.15, 0.2) is 0 Å². The lowest BCUT2D eigenvalue weighted by atomic mass is 9.85. The second-order valence-electron chi connectivity index (χ2n) is 4.99. The zero-order valence-electron chi connectivity index (χ0n) is 9.69. The van der Waals surface area contributed by atoms with Gasteiger partial charge < -0.3 is 10.0 Å². The van der Waals surface area contributed by atoms with Crippen LogP contribution < -0.4 is 0 Å². The fourth-order valence-electron chi connectivity index (χ4n) is 3.03. The highest BCUT2D eigenvalue weighted by Crippen LogP contribution is 2.36. The number of hydrogen-bond donors (Lipinski definition) is 1. The normalized spacial score (nSPS) is 30.9. The molecular formula is C12H19NO3. The van der Waals surface area contributed by atoms with E-state index in [1.807, 2.05) is 4.90 Å². The number of likely N-dealkylation sites (tertiary alicyclic amines) is 1. The molecule has 1 amide bonds. The molecule has 0 aromatic carbocycles. The minimum Gasteiger partial charge on any atom is -0.481 e. The maximum absolute atomic E-state index is 12.0. The van der Waals surface area contributed by atoms with Gasteiger partial charge in [-0.3, -0.25) is 9.59 Å². The average Bonchev–Trinajstić information content (AvgIpc) is 2.70. The van der Waals surface area contributed by atoms with Crippen molar-refractivity contribution in [1.29, 1.82) is 0 Å². The predicted octanol–water partition coefficient (Wildman–Crippen LogP) is 1.50. The summed E-state index contributed by atoms with van der Waals surface area (Å²) in [4.78, 5) is 24.6. The number of fused-ring (bicyclic) bond motifs is 1. The van der Waals surface area contributed by atoms with Crippen LogP contribution in [0.25, 0.3) is 0 Å². The molecule has 1 aliphatic heterocycles. The number of hydrogen-bond acceptors (Lipinski definition) is 2. The van der Waals surface area contributed by atoms with Crippen LogP contribution in [0.2, 0.25) is 0 Å². The van der Waals surface area contributed by atoms with Gasteiger partial charge in [0.2, 0.25) is 5.91 Å². The molecule has 1 heterocycles. The van der Waals surface area contributed by atoms with Gasteiger partial charge in [0.1, 0.15) is 5.92 Å². The van der Waals surface area contributed by atoms with Crippen molar-refractivity contribution in [3.8, 4) is 0 Å². The molecule has 4 heteroatoms. The monoisotopic (exact) mass is 225 g/mol. The summed E-state index contributed by atoms with van der Waals surface area (Å²) in [5.41, 5.74) is 0. The first kappa shape index (κ1) is 11.4. The van der Waals surface area contributed by atoms with Crippen molar-refractivity contribution in [2.45, 2.75) is 45.1 Å². The largest absolute Gasteiger partial charge is 0.481 e. The highest BCUT2D eigenvalue weighted by atomic mass is 16.4. The lowest BCUT2D eigenvalue weighted by Crippen LogP contribution is -2.43. The van der Waals surface area contributed by atoms with Gasteiger partial charge in [-0.1, -0.05) is 12.8 Å². The quantitative estimate of drug-likeness (QED) is 0.724. The average molecular weight is 225 g/mol. The Kier molecular flexibility index (Phi) is 3.17. The van der Waals surface area contributed by atoms with E-state index in [0.717, 1.165) is 19.4 Å². The number of amides is 1. The molecule has 0 radical (unpaired) electrons. The van der Waals surface area contributed by atoms with Crippen LogP contribution in [-0.4, -0.2) is 34.5 Å². The highest BCUT2D eigenvalue weighted by Gasteiger charge is 2.40. The summed E-state index contributed by atoms with van der Waals surface area (Å²) in [6.45, 7) is 2.24. The Balaban J connectivity index is 2.04. The Morgan fingerprint density at radius 1 is 1.25 bits per heavy atom. The predicted molar refractivity (Wildman–Crippen MR) is 58.9 cm³/mol. The van der Waals surface area contributed by atoms with E-state index in [1.54, 1.807) is 0 Å². The summed E-state index contributed by atoms with van der Waals surface area (Å²) < 4.78 is 0. The molecule has 3 atom stereocenters. The molecule has 16 heavy (non-hydrogen) atoms. The molecule has 2 fully saturated rings. The first-order valence-electron chi connectivity index (χ1n) is 6.14. The molecule has 0 aromatic rings. The van der Waals surface area contributed by atoms with Crippen molar-refractivity contribution in [3.63, 3.8) is 0 Å². The maximum atomic E-state index is 12.0. The highest BCUT2D eigenvalue weighted by molar-refractivity contribution is 5.96. The fraction of sp³-hybridized carbons (Fsp3) is 0.833. The molecule has 1 saturated carbocycles. The van der Waals surface area contributed by atoms with Crippen molar-refractivity contribution >= 4 is 11.9 Å². The molecule has 0 spiro atoms. The number of carbonyl (C=O) groups excluding carboxylic acids is 1. The Hall–Kier alpha value is -1.06. The van der Waals surface area contributed by atoms with Gasteiger partial charge in [-0.05, 0) is 32.1 Å². The third kappa shape index (κ3) is 1.93. The summed E-state index contributed by atoms with van der Waals surface area (Å²) in [5, 5.41) is 8.86. The van der Waals surface area contributed by atoms with Gasteiger partial charge in [0, 0.05) is 12.6 Å². The van der Waals surface area contributed by atoms with E-state index in [1.165, 1.54) is 26.2 Å². The first-order chi connectivity index (χ1) is 7.61. The SMILES string of the molecule is CC(C(=O)O)C(=O)N1CCC2CCCCC21. The van der Waals surface area contributed by atoms with E-state index in [2.05, 4.69) is 0 Å². The molecule has 90 valence electrons. The van der Waals surface area contributed by atoms with Crippen molar-refractivity contribution in [2.75, 3.05) is 6.54 Å².